The summed E-state index contributed by atoms with van der Waals surface area (Å²) in [7, 11) is 0. The van der Waals surface area contributed by atoms with E-state index in [-0.39, 0.29) is 0 Å². The molecule has 0 saturated carbocycles. The van der Waals surface area contributed by atoms with Crippen molar-refractivity contribution in [3.63, 3.8) is 0 Å². The SMILES string of the molecule is C#CCC(C)c1c(C)c(C)cc(C)c1C. The molecule has 0 fully saturated rings. The van der Waals surface area contributed by atoms with Gasteiger partial charge >= 0.3 is 0 Å². The second kappa shape index (κ2) is 4.53. The van der Waals surface area contributed by atoms with Crippen molar-refractivity contribution in [3.8, 4) is 12.3 Å². The van der Waals surface area contributed by atoms with Crippen LogP contribution in [0, 0.1) is 40.0 Å². The van der Waals surface area contributed by atoms with Gasteiger partial charge in [0.2, 0.25) is 0 Å². The fourth-order valence-electron chi connectivity index (χ4n) is 2.27. The van der Waals surface area contributed by atoms with E-state index in [0.29, 0.717) is 5.92 Å². The van der Waals surface area contributed by atoms with Crippen LogP contribution in [-0.2, 0) is 0 Å². The third kappa shape index (κ3) is 2.23. The van der Waals surface area contributed by atoms with Gasteiger partial charge in [-0.25, -0.2) is 0 Å². The first-order chi connectivity index (χ1) is 6.99. The molecular formula is C15H20. The lowest BCUT2D eigenvalue weighted by atomic mass is 9.85. The molecule has 0 aromatic heterocycles. The van der Waals surface area contributed by atoms with E-state index >= 15 is 0 Å². The summed E-state index contributed by atoms with van der Waals surface area (Å²) in [6, 6.07) is 2.26. The van der Waals surface area contributed by atoms with Crippen molar-refractivity contribution >= 4 is 0 Å². The summed E-state index contributed by atoms with van der Waals surface area (Å²) >= 11 is 0. The highest BCUT2D eigenvalue weighted by Crippen LogP contribution is 2.29. The van der Waals surface area contributed by atoms with E-state index in [2.05, 4.69) is 46.6 Å². The maximum Gasteiger partial charge on any atom is 0.0152 e. The number of benzene rings is 1. The first-order valence-corrected chi connectivity index (χ1v) is 5.49. The molecule has 0 aliphatic carbocycles. The largest absolute Gasteiger partial charge is 0.120 e. The average molecular weight is 200 g/mol. The van der Waals surface area contributed by atoms with Gasteiger partial charge in [-0.1, -0.05) is 13.0 Å². The zero-order valence-electron chi connectivity index (χ0n) is 10.4. The maximum atomic E-state index is 5.39. The molecule has 1 rings (SSSR count). The molecular weight excluding hydrogens is 180 g/mol. The molecule has 0 bridgehead atoms. The van der Waals surface area contributed by atoms with Gasteiger partial charge in [0.25, 0.3) is 0 Å². The van der Waals surface area contributed by atoms with Crippen LogP contribution in [0.15, 0.2) is 6.07 Å². The lowest BCUT2D eigenvalue weighted by Gasteiger charge is -2.19. The molecule has 0 heteroatoms. The number of hydrogen-bond acceptors (Lipinski definition) is 0. The molecule has 1 atom stereocenters. The zero-order valence-corrected chi connectivity index (χ0v) is 10.4. The summed E-state index contributed by atoms with van der Waals surface area (Å²) in [6.07, 6.45) is 6.22. The maximum absolute atomic E-state index is 5.39. The van der Waals surface area contributed by atoms with E-state index in [9.17, 15) is 0 Å². The van der Waals surface area contributed by atoms with Gasteiger partial charge < -0.3 is 0 Å². The summed E-state index contributed by atoms with van der Waals surface area (Å²) in [5.74, 6) is 3.23. The molecule has 0 aliphatic heterocycles. The molecule has 0 saturated heterocycles. The van der Waals surface area contributed by atoms with E-state index in [1.807, 2.05) is 0 Å². The lowest BCUT2D eigenvalue weighted by molar-refractivity contribution is 0.777. The van der Waals surface area contributed by atoms with Gasteiger partial charge in [-0.2, -0.15) is 0 Å². The Morgan fingerprint density at radius 3 is 2.00 bits per heavy atom. The summed E-state index contributed by atoms with van der Waals surface area (Å²) < 4.78 is 0. The van der Waals surface area contributed by atoms with Crippen LogP contribution in [-0.4, -0.2) is 0 Å². The second-order valence-electron chi connectivity index (χ2n) is 4.48. The van der Waals surface area contributed by atoms with Crippen LogP contribution >= 0.6 is 0 Å². The quantitative estimate of drug-likeness (QED) is 0.632. The molecule has 0 nitrogen and oxygen atoms in total. The number of terminal acetylenes is 1. The first-order valence-electron chi connectivity index (χ1n) is 5.49. The molecule has 0 radical (unpaired) electrons. The van der Waals surface area contributed by atoms with Crippen LogP contribution in [0.5, 0.6) is 0 Å². The highest BCUT2D eigenvalue weighted by molar-refractivity contribution is 5.46. The minimum atomic E-state index is 0.466. The highest BCUT2D eigenvalue weighted by Gasteiger charge is 2.13. The zero-order chi connectivity index (χ0) is 11.6. The van der Waals surface area contributed by atoms with Crippen molar-refractivity contribution < 1.29 is 0 Å². The third-order valence-corrected chi connectivity index (χ3v) is 3.34. The minimum absolute atomic E-state index is 0.466. The Bertz CT molecular complexity index is 379. The Morgan fingerprint density at radius 2 is 1.60 bits per heavy atom. The van der Waals surface area contributed by atoms with Crippen LogP contribution < -0.4 is 0 Å². The standard InChI is InChI=1S/C15H20/c1-7-8-10(2)15-13(5)11(3)9-12(4)14(15)6/h1,9-10H,8H2,2-6H3. The molecule has 1 aromatic rings. The van der Waals surface area contributed by atoms with Gasteiger partial charge in [-0.15, -0.1) is 12.3 Å². The van der Waals surface area contributed by atoms with E-state index < -0.39 is 0 Å². The topological polar surface area (TPSA) is 0 Å². The van der Waals surface area contributed by atoms with Gasteiger partial charge in [-0.3, -0.25) is 0 Å². The van der Waals surface area contributed by atoms with Crippen LogP contribution in [0.3, 0.4) is 0 Å². The molecule has 80 valence electrons. The smallest absolute Gasteiger partial charge is 0.0152 e. The highest BCUT2D eigenvalue weighted by atomic mass is 14.2. The molecule has 1 aromatic carbocycles. The molecule has 0 aliphatic rings. The molecule has 0 spiro atoms. The summed E-state index contributed by atoms with van der Waals surface area (Å²) in [5, 5.41) is 0. The number of aryl methyl sites for hydroxylation is 2. The molecule has 0 N–H and O–H groups in total. The van der Waals surface area contributed by atoms with Gasteiger partial charge in [0, 0.05) is 6.42 Å². The van der Waals surface area contributed by atoms with Crippen LogP contribution in [0.1, 0.15) is 47.1 Å². The first kappa shape index (κ1) is 11.9. The molecule has 0 amide bonds. The summed E-state index contributed by atoms with van der Waals surface area (Å²) in [5.41, 5.74) is 7.00. The minimum Gasteiger partial charge on any atom is -0.120 e. The molecule has 1 unspecified atom stereocenters. The monoisotopic (exact) mass is 200 g/mol. The van der Waals surface area contributed by atoms with Crippen molar-refractivity contribution in [1.29, 1.82) is 0 Å². The van der Waals surface area contributed by atoms with Gasteiger partial charge in [0.05, 0.1) is 0 Å². The van der Waals surface area contributed by atoms with Crippen molar-refractivity contribution in [3.05, 3.63) is 33.9 Å². The Kier molecular flexibility index (Phi) is 3.58. The fourth-order valence-corrected chi connectivity index (χ4v) is 2.27. The molecule has 15 heavy (non-hydrogen) atoms. The van der Waals surface area contributed by atoms with E-state index in [4.69, 9.17) is 6.42 Å². The Balaban J connectivity index is 3.33. The van der Waals surface area contributed by atoms with Gasteiger partial charge in [-0.05, 0) is 61.4 Å². The summed E-state index contributed by atoms with van der Waals surface area (Å²) in [4.78, 5) is 0. The van der Waals surface area contributed by atoms with Crippen LogP contribution in [0.4, 0.5) is 0 Å². The van der Waals surface area contributed by atoms with Crippen molar-refractivity contribution in [2.45, 2.75) is 47.0 Å². The van der Waals surface area contributed by atoms with E-state index in [1.165, 1.54) is 27.8 Å². The third-order valence-electron chi connectivity index (χ3n) is 3.34. The molecule has 0 heterocycles. The van der Waals surface area contributed by atoms with Crippen LogP contribution in [0.2, 0.25) is 0 Å². The van der Waals surface area contributed by atoms with Gasteiger partial charge in [0.1, 0.15) is 0 Å². The number of hydrogen-bond donors (Lipinski definition) is 0. The fraction of sp³-hybridized carbons (Fsp3) is 0.467. The van der Waals surface area contributed by atoms with E-state index in [0.717, 1.165) is 6.42 Å². The van der Waals surface area contributed by atoms with Gasteiger partial charge in [0.15, 0.2) is 0 Å². The van der Waals surface area contributed by atoms with Crippen molar-refractivity contribution in [2.24, 2.45) is 0 Å². The normalized spacial score (nSPS) is 12.3. The number of rotatable bonds is 2. The van der Waals surface area contributed by atoms with Crippen LogP contribution in [0.25, 0.3) is 0 Å². The van der Waals surface area contributed by atoms with Crippen molar-refractivity contribution in [1.82, 2.24) is 0 Å². The predicted octanol–water partition coefficient (Wildman–Crippen LogP) is 4.05. The van der Waals surface area contributed by atoms with E-state index in [1.54, 1.807) is 0 Å². The predicted molar refractivity (Wildman–Crippen MR) is 67.3 cm³/mol. The Hall–Kier alpha value is -1.22. The Labute approximate surface area is 93.7 Å². The summed E-state index contributed by atoms with van der Waals surface area (Å²) in [6.45, 7) is 11.0. The average Bonchev–Trinajstić information content (AvgIpc) is 2.16. The lowest BCUT2D eigenvalue weighted by Crippen LogP contribution is -2.03. The Morgan fingerprint density at radius 1 is 1.13 bits per heavy atom. The second-order valence-corrected chi connectivity index (χ2v) is 4.48. The van der Waals surface area contributed by atoms with Crippen molar-refractivity contribution in [2.75, 3.05) is 0 Å².